The molecule has 8 heteroatoms. The van der Waals surface area contributed by atoms with Crippen LogP contribution in [0.25, 0.3) is 0 Å². The van der Waals surface area contributed by atoms with Crippen molar-refractivity contribution in [2.45, 2.75) is 35.2 Å². The maximum absolute atomic E-state index is 13.0. The van der Waals surface area contributed by atoms with Crippen LogP contribution in [0.1, 0.15) is 29.2 Å². The van der Waals surface area contributed by atoms with Crippen LogP contribution < -0.4 is 5.32 Å². The summed E-state index contributed by atoms with van der Waals surface area (Å²) in [5.74, 6) is -0.924. The number of halogens is 1. The molecule has 0 unspecified atom stereocenters. The lowest BCUT2D eigenvalue weighted by atomic mass is 10.1. The number of carboxylic acids is 1. The van der Waals surface area contributed by atoms with Crippen LogP contribution in [0.15, 0.2) is 82.6 Å². The number of benzene rings is 3. The number of rotatable bonds is 11. The minimum Gasteiger partial charge on any atom is -0.481 e. The molecule has 0 aliphatic rings. The van der Waals surface area contributed by atoms with Gasteiger partial charge < -0.3 is 15.5 Å². The van der Waals surface area contributed by atoms with Gasteiger partial charge in [0.25, 0.3) is 0 Å². The Morgan fingerprint density at radius 2 is 1.64 bits per heavy atom. The van der Waals surface area contributed by atoms with Gasteiger partial charge in [-0.15, -0.1) is 0 Å². The van der Waals surface area contributed by atoms with E-state index in [1.54, 1.807) is 54.6 Å². The molecule has 174 valence electrons. The lowest BCUT2D eigenvalue weighted by molar-refractivity contribution is -0.136. The van der Waals surface area contributed by atoms with E-state index in [1.807, 2.05) is 6.07 Å². The molecular formula is C25H26ClNO5S. The summed E-state index contributed by atoms with van der Waals surface area (Å²) in [5.41, 5.74) is 2.38. The number of carboxylic acid groups (broad SMARTS) is 1. The number of aliphatic hydroxyl groups excluding tert-OH is 1. The topological polar surface area (TPSA) is 104 Å². The smallest absolute Gasteiger partial charge is 0.303 e. The first-order valence-corrected chi connectivity index (χ1v) is 12.4. The van der Waals surface area contributed by atoms with E-state index in [0.717, 1.165) is 11.1 Å². The van der Waals surface area contributed by atoms with Gasteiger partial charge in [0.1, 0.15) is 0 Å². The SMILES string of the molecule is O=C(O)CCc1cccc(S(=O)(=O)c2ccc(CCNC[C@@H](O)c3cccc(Cl)c3)cc2)c1. The molecule has 0 aliphatic carbocycles. The van der Waals surface area contributed by atoms with E-state index in [1.165, 1.54) is 12.1 Å². The van der Waals surface area contributed by atoms with Gasteiger partial charge in [-0.05, 0) is 72.5 Å². The minimum absolute atomic E-state index is 0.0532. The Morgan fingerprint density at radius 1 is 0.909 bits per heavy atom. The zero-order valence-electron chi connectivity index (χ0n) is 17.9. The zero-order valence-corrected chi connectivity index (χ0v) is 19.5. The van der Waals surface area contributed by atoms with Gasteiger partial charge >= 0.3 is 5.97 Å². The van der Waals surface area contributed by atoms with Crippen molar-refractivity contribution in [3.05, 3.63) is 94.5 Å². The average Bonchev–Trinajstić information content (AvgIpc) is 2.81. The summed E-state index contributed by atoms with van der Waals surface area (Å²) in [4.78, 5) is 11.1. The van der Waals surface area contributed by atoms with Crippen LogP contribution >= 0.6 is 11.6 Å². The first kappa shape index (κ1) is 24.9. The Labute approximate surface area is 198 Å². The number of carbonyl (C=O) groups is 1. The van der Waals surface area contributed by atoms with E-state index in [2.05, 4.69) is 5.32 Å². The van der Waals surface area contributed by atoms with Crippen molar-refractivity contribution in [2.24, 2.45) is 0 Å². The summed E-state index contributed by atoms with van der Waals surface area (Å²) in [6.07, 6.45) is 0.231. The lowest BCUT2D eigenvalue weighted by Crippen LogP contribution is -2.23. The van der Waals surface area contributed by atoms with Crippen molar-refractivity contribution in [2.75, 3.05) is 13.1 Å². The maximum Gasteiger partial charge on any atom is 0.303 e. The highest BCUT2D eigenvalue weighted by molar-refractivity contribution is 7.91. The van der Waals surface area contributed by atoms with Crippen LogP contribution in [0, 0.1) is 0 Å². The summed E-state index contributed by atoms with van der Waals surface area (Å²) < 4.78 is 25.9. The molecule has 0 amide bonds. The van der Waals surface area contributed by atoms with Crippen LogP contribution in [0.4, 0.5) is 0 Å². The number of hydrogen-bond donors (Lipinski definition) is 3. The van der Waals surface area contributed by atoms with Crippen molar-refractivity contribution >= 4 is 27.4 Å². The third-order valence-electron chi connectivity index (χ3n) is 5.23. The van der Waals surface area contributed by atoms with Gasteiger partial charge in [-0.25, -0.2) is 8.42 Å². The minimum atomic E-state index is -3.69. The molecule has 33 heavy (non-hydrogen) atoms. The molecule has 0 bridgehead atoms. The fourth-order valence-electron chi connectivity index (χ4n) is 3.39. The Bertz CT molecular complexity index is 1200. The molecular weight excluding hydrogens is 462 g/mol. The third-order valence-corrected chi connectivity index (χ3v) is 7.23. The number of aliphatic carboxylic acids is 1. The molecule has 0 fully saturated rings. The lowest BCUT2D eigenvalue weighted by Gasteiger charge is -2.13. The van der Waals surface area contributed by atoms with Crippen molar-refractivity contribution in [3.8, 4) is 0 Å². The van der Waals surface area contributed by atoms with Crippen LogP contribution in [-0.4, -0.2) is 37.7 Å². The van der Waals surface area contributed by atoms with Crippen LogP contribution in [0.3, 0.4) is 0 Å². The second kappa shape index (κ2) is 11.4. The number of nitrogens with one attached hydrogen (secondary N) is 1. The molecule has 0 radical (unpaired) electrons. The molecule has 1 atom stereocenters. The third kappa shape index (κ3) is 7.14. The largest absolute Gasteiger partial charge is 0.481 e. The standard InChI is InChI=1S/C25H26ClNO5S/c26-21-5-2-4-20(16-21)24(28)17-27-14-13-18-7-10-22(11-8-18)33(31,32)23-6-1-3-19(15-23)9-12-25(29)30/h1-8,10-11,15-16,24,27-28H,9,12-14,17H2,(H,29,30)/t24-/m1/s1. The molecule has 3 aromatic rings. The molecule has 0 spiro atoms. The molecule has 3 rings (SSSR count). The normalized spacial score (nSPS) is 12.4. The predicted octanol–water partition coefficient (Wildman–Crippen LogP) is 4.06. The zero-order chi connectivity index (χ0) is 23.8. The van der Waals surface area contributed by atoms with E-state index < -0.39 is 21.9 Å². The van der Waals surface area contributed by atoms with E-state index in [9.17, 15) is 18.3 Å². The number of aliphatic hydroxyl groups is 1. The van der Waals surface area contributed by atoms with Crippen LogP contribution in [0.5, 0.6) is 0 Å². The van der Waals surface area contributed by atoms with Crippen molar-refractivity contribution in [1.29, 1.82) is 0 Å². The van der Waals surface area contributed by atoms with E-state index >= 15 is 0 Å². The predicted molar refractivity (Wildman–Crippen MR) is 127 cm³/mol. The Morgan fingerprint density at radius 3 is 2.33 bits per heavy atom. The van der Waals surface area contributed by atoms with Gasteiger partial charge in [-0.2, -0.15) is 0 Å². The van der Waals surface area contributed by atoms with Gasteiger partial charge in [0.2, 0.25) is 9.84 Å². The first-order valence-electron chi connectivity index (χ1n) is 10.5. The van der Waals surface area contributed by atoms with Gasteiger partial charge in [-0.1, -0.05) is 48.0 Å². The fraction of sp³-hybridized carbons (Fsp3) is 0.240. The van der Waals surface area contributed by atoms with E-state index in [4.69, 9.17) is 16.7 Å². The van der Waals surface area contributed by atoms with Crippen LogP contribution in [0.2, 0.25) is 5.02 Å². The van der Waals surface area contributed by atoms with E-state index in [0.29, 0.717) is 30.1 Å². The molecule has 3 N–H and O–H groups in total. The first-order chi connectivity index (χ1) is 15.8. The van der Waals surface area contributed by atoms with E-state index in [-0.39, 0.29) is 22.6 Å². The molecule has 0 saturated carbocycles. The monoisotopic (exact) mass is 487 g/mol. The molecule has 0 heterocycles. The number of sulfone groups is 1. The summed E-state index contributed by atoms with van der Waals surface area (Å²) in [7, 11) is -3.69. The Balaban J connectivity index is 1.56. The maximum atomic E-state index is 13.0. The Kier molecular flexibility index (Phi) is 8.63. The molecule has 3 aromatic carbocycles. The summed E-state index contributed by atoms with van der Waals surface area (Å²) in [6, 6.07) is 20.2. The average molecular weight is 488 g/mol. The van der Waals surface area contributed by atoms with Crippen molar-refractivity contribution < 1.29 is 23.4 Å². The van der Waals surface area contributed by atoms with Gasteiger partial charge in [0, 0.05) is 18.0 Å². The highest BCUT2D eigenvalue weighted by Crippen LogP contribution is 2.23. The quantitative estimate of drug-likeness (QED) is 0.352. The highest BCUT2D eigenvalue weighted by atomic mass is 35.5. The van der Waals surface area contributed by atoms with Gasteiger partial charge in [-0.3, -0.25) is 4.79 Å². The molecule has 0 saturated heterocycles. The molecule has 0 aromatic heterocycles. The van der Waals surface area contributed by atoms with Crippen molar-refractivity contribution in [3.63, 3.8) is 0 Å². The second-order valence-corrected chi connectivity index (χ2v) is 10.1. The number of aryl methyl sites for hydroxylation is 1. The van der Waals surface area contributed by atoms with Gasteiger partial charge in [0.05, 0.1) is 15.9 Å². The van der Waals surface area contributed by atoms with Crippen LogP contribution in [-0.2, 0) is 27.5 Å². The molecule has 0 aliphatic heterocycles. The summed E-state index contributed by atoms with van der Waals surface area (Å²) in [5, 5.41) is 22.8. The second-order valence-electron chi connectivity index (χ2n) is 7.71. The van der Waals surface area contributed by atoms with Crippen molar-refractivity contribution in [1.82, 2.24) is 5.32 Å². The van der Waals surface area contributed by atoms with Gasteiger partial charge in [0.15, 0.2) is 0 Å². The number of hydrogen-bond acceptors (Lipinski definition) is 5. The summed E-state index contributed by atoms with van der Waals surface area (Å²) in [6.45, 7) is 1.00. The Hall–Kier alpha value is -2.71. The summed E-state index contributed by atoms with van der Waals surface area (Å²) >= 11 is 5.95. The molecule has 6 nitrogen and oxygen atoms in total. The fourth-order valence-corrected chi connectivity index (χ4v) is 4.92. The highest BCUT2D eigenvalue weighted by Gasteiger charge is 2.18.